The molecule has 3 nitrogen and oxygen atoms in total. The first-order chi connectivity index (χ1) is 10.9. The van der Waals surface area contributed by atoms with Crippen molar-refractivity contribution in [2.75, 3.05) is 32.9 Å². The van der Waals surface area contributed by atoms with Crippen molar-refractivity contribution < 1.29 is 27.4 Å². The highest BCUT2D eigenvalue weighted by Gasteiger charge is 2.48. The van der Waals surface area contributed by atoms with Gasteiger partial charge in [-0.1, -0.05) is 12.1 Å². The molecule has 2 saturated heterocycles. The lowest BCUT2D eigenvalue weighted by atomic mass is 9.75. The van der Waals surface area contributed by atoms with Crippen LogP contribution in [0.4, 0.5) is 17.6 Å². The van der Waals surface area contributed by atoms with Crippen molar-refractivity contribution in [1.29, 1.82) is 0 Å². The standard InChI is InChI=1S/C16H19F4NO2/c17-13-3-1-2-11(14(13)16(18,19)20)6-21-7-12-8-23-5-4-15(12,9-21)10-22/h1-3,12,22H,4-10H2/t12-,15-/m1/s1. The molecule has 23 heavy (non-hydrogen) atoms. The third-order valence-electron chi connectivity index (χ3n) is 5.04. The Hall–Kier alpha value is -1.18. The molecule has 2 heterocycles. The van der Waals surface area contributed by atoms with Gasteiger partial charge in [0.05, 0.1) is 18.8 Å². The third kappa shape index (κ3) is 3.09. The first-order valence-electron chi connectivity index (χ1n) is 7.61. The Morgan fingerprint density at radius 2 is 2.13 bits per heavy atom. The molecule has 0 bridgehead atoms. The van der Waals surface area contributed by atoms with Crippen LogP contribution < -0.4 is 0 Å². The number of halogens is 4. The van der Waals surface area contributed by atoms with Gasteiger partial charge in [-0.15, -0.1) is 0 Å². The Bertz CT molecular complexity index is 578. The lowest BCUT2D eigenvalue weighted by molar-refractivity contribution is -0.140. The number of benzene rings is 1. The second-order valence-corrected chi connectivity index (χ2v) is 6.48. The number of alkyl halides is 3. The first-order valence-corrected chi connectivity index (χ1v) is 7.61. The molecule has 0 aromatic heterocycles. The molecule has 2 atom stereocenters. The van der Waals surface area contributed by atoms with Gasteiger partial charge in [0, 0.05) is 37.6 Å². The Balaban J connectivity index is 1.83. The summed E-state index contributed by atoms with van der Waals surface area (Å²) < 4.78 is 58.4. The molecule has 0 amide bonds. The molecule has 2 aliphatic heterocycles. The van der Waals surface area contributed by atoms with Gasteiger partial charge in [0.15, 0.2) is 0 Å². The van der Waals surface area contributed by atoms with Crippen LogP contribution in [-0.4, -0.2) is 42.9 Å². The van der Waals surface area contributed by atoms with E-state index in [0.29, 0.717) is 32.7 Å². The van der Waals surface area contributed by atoms with Crippen molar-refractivity contribution in [2.24, 2.45) is 11.3 Å². The summed E-state index contributed by atoms with van der Waals surface area (Å²) in [7, 11) is 0. The zero-order chi connectivity index (χ0) is 16.7. The SMILES string of the molecule is OC[C@]12CCOC[C@H]1CN(Cc1cccc(F)c1C(F)(F)F)C2. The molecular formula is C16H19F4NO2. The molecule has 0 unspecified atom stereocenters. The number of ether oxygens (including phenoxy) is 1. The Morgan fingerprint density at radius 1 is 1.35 bits per heavy atom. The molecule has 1 aromatic rings. The molecule has 0 radical (unpaired) electrons. The molecule has 0 aliphatic carbocycles. The zero-order valence-electron chi connectivity index (χ0n) is 12.6. The molecule has 128 valence electrons. The van der Waals surface area contributed by atoms with Gasteiger partial charge in [-0.25, -0.2) is 4.39 Å². The van der Waals surface area contributed by atoms with Gasteiger partial charge >= 0.3 is 6.18 Å². The molecular weight excluding hydrogens is 314 g/mol. The Kier molecular flexibility index (Phi) is 4.37. The van der Waals surface area contributed by atoms with E-state index in [1.807, 2.05) is 4.90 Å². The first kappa shape index (κ1) is 16.7. The van der Waals surface area contributed by atoms with Gasteiger partial charge < -0.3 is 9.84 Å². The molecule has 3 rings (SSSR count). The quantitative estimate of drug-likeness (QED) is 0.864. The maximum absolute atomic E-state index is 13.7. The van der Waals surface area contributed by atoms with Crippen LogP contribution >= 0.6 is 0 Å². The van der Waals surface area contributed by atoms with Gasteiger partial charge in [0.2, 0.25) is 0 Å². The number of aliphatic hydroxyl groups excluding tert-OH is 1. The Labute approximate surface area is 131 Å². The van der Waals surface area contributed by atoms with Crippen LogP contribution in [-0.2, 0) is 17.5 Å². The van der Waals surface area contributed by atoms with Gasteiger partial charge in [-0.3, -0.25) is 4.90 Å². The van der Waals surface area contributed by atoms with E-state index < -0.39 is 17.6 Å². The van der Waals surface area contributed by atoms with Crippen LogP contribution in [0, 0.1) is 17.2 Å². The smallest absolute Gasteiger partial charge is 0.396 e. The molecule has 1 N–H and O–H groups in total. The lowest BCUT2D eigenvalue weighted by Crippen LogP contribution is -2.41. The van der Waals surface area contributed by atoms with E-state index >= 15 is 0 Å². The van der Waals surface area contributed by atoms with E-state index in [2.05, 4.69) is 0 Å². The highest BCUT2D eigenvalue weighted by atomic mass is 19.4. The number of hydrogen-bond acceptors (Lipinski definition) is 3. The summed E-state index contributed by atoms with van der Waals surface area (Å²) in [5, 5.41) is 9.74. The minimum atomic E-state index is -4.72. The van der Waals surface area contributed by atoms with Crippen molar-refractivity contribution in [3.8, 4) is 0 Å². The maximum Gasteiger partial charge on any atom is 0.419 e. The fourth-order valence-electron chi connectivity index (χ4n) is 3.80. The number of rotatable bonds is 3. The Morgan fingerprint density at radius 3 is 2.78 bits per heavy atom. The number of aliphatic hydroxyl groups is 1. The summed E-state index contributed by atoms with van der Waals surface area (Å²) in [6, 6.07) is 3.45. The highest BCUT2D eigenvalue weighted by Crippen LogP contribution is 2.43. The summed E-state index contributed by atoms with van der Waals surface area (Å²) in [6.07, 6.45) is -4.02. The topological polar surface area (TPSA) is 32.7 Å². The van der Waals surface area contributed by atoms with Crippen LogP contribution in [0.25, 0.3) is 0 Å². The van der Waals surface area contributed by atoms with Crippen molar-refractivity contribution in [3.05, 3.63) is 35.1 Å². The van der Waals surface area contributed by atoms with E-state index in [0.717, 1.165) is 6.07 Å². The predicted octanol–water partition coefficient (Wildman–Crippen LogP) is 2.68. The average Bonchev–Trinajstić information content (AvgIpc) is 2.84. The average molecular weight is 333 g/mol. The molecule has 2 aliphatic rings. The fraction of sp³-hybridized carbons (Fsp3) is 0.625. The number of nitrogens with zero attached hydrogens (tertiary/aromatic N) is 1. The number of fused-ring (bicyclic) bond motifs is 1. The largest absolute Gasteiger partial charge is 0.419 e. The normalized spacial score (nSPS) is 28.8. The monoisotopic (exact) mass is 333 g/mol. The van der Waals surface area contributed by atoms with Gasteiger partial charge in [-0.05, 0) is 18.1 Å². The minimum absolute atomic E-state index is 0.00714. The van der Waals surface area contributed by atoms with Crippen LogP contribution in [0.1, 0.15) is 17.5 Å². The summed E-state index contributed by atoms with van der Waals surface area (Å²) >= 11 is 0. The van der Waals surface area contributed by atoms with Crippen molar-refractivity contribution in [1.82, 2.24) is 4.90 Å². The molecule has 2 fully saturated rings. The van der Waals surface area contributed by atoms with Crippen LogP contribution in [0.2, 0.25) is 0 Å². The molecule has 1 aromatic carbocycles. The second kappa shape index (κ2) is 6.03. The zero-order valence-corrected chi connectivity index (χ0v) is 12.6. The third-order valence-corrected chi connectivity index (χ3v) is 5.04. The molecule has 0 spiro atoms. The van der Waals surface area contributed by atoms with E-state index in [-0.39, 0.29) is 30.0 Å². The molecule has 7 heteroatoms. The van der Waals surface area contributed by atoms with Crippen LogP contribution in [0.15, 0.2) is 18.2 Å². The van der Waals surface area contributed by atoms with E-state index in [4.69, 9.17) is 4.74 Å². The van der Waals surface area contributed by atoms with Gasteiger partial charge in [-0.2, -0.15) is 13.2 Å². The van der Waals surface area contributed by atoms with Crippen molar-refractivity contribution in [3.63, 3.8) is 0 Å². The van der Waals surface area contributed by atoms with Crippen molar-refractivity contribution >= 4 is 0 Å². The summed E-state index contributed by atoms with van der Waals surface area (Å²) in [5.41, 5.74) is -1.57. The van der Waals surface area contributed by atoms with E-state index in [1.54, 1.807) is 0 Å². The second-order valence-electron chi connectivity index (χ2n) is 6.48. The number of hydrogen-bond donors (Lipinski definition) is 1. The molecule has 0 saturated carbocycles. The summed E-state index contributed by atoms with van der Waals surface area (Å²) in [6.45, 7) is 2.13. The van der Waals surface area contributed by atoms with Crippen molar-refractivity contribution in [2.45, 2.75) is 19.1 Å². The van der Waals surface area contributed by atoms with E-state index in [1.165, 1.54) is 12.1 Å². The van der Waals surface area contributed by atoms with Crippen LogP contribution in [0.5, 0.6) is 0 Å². The van der Waals surface area contributed by atoms with E-state index in [9.17, 15) is 22.7 Å². The van der Waals surface area contributed by atoms with Crippen LogP contribution in [0.3, 0.4) is 0 Å². The number of likely N-dealkylation sites (tertiary alicyclic amines) is 1. The van der Waals surface area contributed by atoms with Gasteiger partial charge in [0.1, 0.15) is 5.82 Å². The van der Waals surface area contributed by atoms with Gasteiger partial charge in [0.25, 0.3) is 0 Å². The minimum Gasteiger partial charge on any atom is -0.396 e. The lowest BCUT2D eigenvalue weighted by Gasteiger charge is -2.36. The summed E-state index contributed by atoms with van der Waals surface area (Å²) in [5.74, 6) is -1.14. The predicted molar refractivity (Wildman–Crippen MR) is 75.1 cm³/mol. The fourth-order valence-corrected chi connectivity index (χ4v) is 3.80. The highest BCUT2D eigenvalue weighted by molar-refractivity contribution is 5.31. The maximum atomic E-state index is 13.7. The summed E-state index contributed by atoms with van der Waals surface area (Å²) in [4.78, 5) is 1.86.